The molecule has 0 aliphatic heterocycles. The first kappa shape index (κ1) is 88.3. The van der Waals surface area contributed by atoms with Gasteiger partial charge in [0.2, 0.25) is 5.91 Å². The first-order chi connectivity index (χ1) is 44.5. The van der Waals surface area contributed by atoms with E-state index in [-0.39, 0.29) is 18.5 Å². The number of carbonyl (C=O) groups excluding carboxylic acids is 2. The lowest BCUT2D eigenvalue weighted by Crippen LogP contribution is -2.45. The monoisotopic (exact) mass is 1270 g/mol. The van der Waals surface area contributed by atoms with Gasteiger partial charge in [-0.15, -0.1) is 0 Å². The molecule has 2 unspecified atom stereocenters. The first-order valence-electron chi connectivity index (χ1n) is 41.6. The van der Waals surface area contributed by atoms with Crippen LogP contribution >= 0.6 is 0 Å². The van der Waals surface area contributed by atoms with Gasteiger partial charge in [-0.2, -0.15) is 0 Å². The van der Waals surface area contributed by atoms with E-state index in [1.165, 1.54) is 411 Å². The van der Waals surface area contributed by atoms with Gasteiger partial charge in [-0.3, -0.25) is 9.59 Å². The Kier molecular flexibility index (Phi) is 78.3. The van der Waals surface area contributed by atoms with Gasteiger partial charge in [0.05, 0.1) is 25.4 Å². The summed E-state index contributed by atoms with van der Waals surface area (Å²) in [6, 6.07) is -0.625. The molecule has 534 valence electrons. The van der Waals surface area contributed by atoms with Gasteiger partial charge in [0, 0.05) is 12.8 Å². The summed E-state index contributed by atoms with van der Waals surface area (Å²) in [5.74, 6) is -0.0344. The van der Waals surface area contributed by atoms with Gasteiger partial charge in [0.1, 0.15) is 0 Å². The highest BCUT2D eigenvalue weighted by Crippen LogP contribution is 2.20. The van der Waals surface area contributed by atoms with E-state index in [0.29, 0.717) is 19.4 Å². The zero-order valence-electron chi connectivity index (χ0n) is 61.4. The fourth-order valence-electron chi connectivity index (χ4n) is 13.4. The third-order valence-electron chi connectivity index (χ3n) is 19.7. The molecule has 0 aliphatic rings. The van der Waals surface area contributed by atoms with E-state index in [2.05, 4.69) is 31.3 Å². The molecule has 0 heterocycles. The van der Waals surface area contributed by atoms with Gasteiger partial charge in [-0.25, -0.2) is 0 Å². The molecule has 0 spiro atoms. The molecule has 0 saturated heterocycles. The maximum atomic E-state index is 12.6. The maximum Gasteiger partial charge on any atom is 0.305 e. The topological polar surface area (TPSA) is 95.9 Å². The Balaban J connectivity index is 3.34. The van der Waals surface area contributed by atoms with Crippen LogP contribution in [0.15, 0.2) is 24.3 Å². The maximum absolute atomic E-state index is 12.6. The Hall–Kier alpha value is -1.66. The molecular weight excluding hydrogens is 1100 g/mol. The standard InChI is InChI=1S/C84H163NO5/c1-3-5-7-9-11-13-15-17-18-19-20-21-41-44-47-50-53-56-60-64-68-72-76-82(87)81(80-86)85-83(88)77-73-69-65-61-57-54-51-48-45-42-39-37-35-33-31-29-27-25-23-22-24-26-28-30-32-34-36-38-40-43-46-49-52-55-59-63-67-71-75-79-90-84(89)78-74-70-66-62-58-16-14-12-10-8-6-4-2/h22-23,72,76,81-82,86-87H,3-21,24-71,73-75,77-80H2,1-2H3,(H,85,88)/b23-22-,76-72+. The molecule has 90 heavy (non-hydrogen) atoms. The minimum Gasteiger partial charge on any atom is -0.466 e. The predicted octanol–water partition coefficient (Wildman–Crippen LogP) is 27.6. The Bertz CT molecular complexity index is 1410. The van der Waals surface area contributed by atoms with Gasteiger partial charge in [0.25, 0.3) is 0 Å². The van der Waals surface area contributed by atoms with E-state index < -0.39 is 12.1 Å². The number of amides is 1. The van der Waals surface area contributed by atoms with Gasteiger partial charge < -0.3 is 20.3 Å². The molecule has 3 N–H and O–H groups in total. The minimum absolute atomic E-state index is 0.0239. The summed E-state index contributed by atoms with van der Waals surface area (Å²) in [6.07, 6.45) is 103. The van der Waals surface area contributed by atoms with Gasteiger partial charge in [-0.1, -0.05) is 430 Å². The number of hydrogen-bond acceptors (Lipinski definition) is 5. The quantitative estimate of drug-likeness (QED) is 0.0320. The van der Waals surface area contributed by atoms with Crippen LogP contribution in [0.3, 0.4) is 0 Å². The van der Waals surface area contributed by atoms with Crippen molar-refractivity contribution in [2.75, 3.05) is 13.2 Å². The molecule has 0 bridgehead atoms. The third kappa shape index (κ3) is 75.4. The molecule has 0 aliphatic carbocycles. The van der Waals surface area contributed by atoms with Crippen LogP contribution in [-0.4, -0.2) is 47.4 Å². The summed E-state index contributed by atoms with van der Waals surface area (Å²) >= 11 is 0. The molecule has 0 aromatic heterocycles. The van der Waals surface area contributed by atoms with E-state index in [4.69, 9.17) is 4.74 Å². The van der Waals surface area contributed by atoms with Crippen molar-refractivity contribution in [3.05, 3.63) is 24.3 Å². The fourth-order valence-corrected chi connectivity index (χ4v) is 13.4. The van der Waals surface area contributed by atoms with Crippen molar-refractivity contribution in [2.24, 2.45) is 0 Å². The summed E-state index contributed by atoms with van der Waals surface area (Å²) in [7, 11) is 0. The van der Waals surface area contributed by atoms with Crippen LogP contribution in [0.4, 0.5) is 0 Å². The van der Waals surface area contributed by atoms with Crippen molar-refractivity contribution in [2.45, 2.75) is 488 Å². The van der Waals surface area contributed by atoms with Crippen molar-refractivity contribution >= 4 is 11.9 Å². The molecule has 0 aromatic carbocycles. The number of aliphatic hydroxyl groups excluding tert-OH is 2. The fraction of sp³-hybridized carbons (Fsp3) is 0.929. The molecule has 0 saturated carbocycles. The highest BCUT2D eigenvalue weighted by molar-refractivity contribution is 5.76. The van der Waals surface area contributed by atoms with Crippen molar-refractivity contribution in [1.82, 2.24) is 5.32 Å². The molecule has 0 radical (unpaired) electrons. The summed E-state index contributed by atoms with van der Waals surface area (Å²) in [5, 5.41) is 23.3. The van der Waals surface area contributed by atoms with Crippen molar-refractivity contribution in [3.63, 3.8) is 0 Å². The largest absolute Gasteiger partial charge is 0.466 e. The number of allylic oxidation sites excluding steroid dienone is 3. The lowest BCUT2D eigenvalue weighted by atomic mass is 10.0. The van der Waals surface area contributed by atoms with Crippen LogP contribution < -0.4 is 5.32 Å². The Morgan fingerprint density at radius 1 is 0.300 bits per heavy atom. The number of carbonyl (C=O) groups is 2. The second-order valence-electron chi connectivity index (χ2n) is 28.8. The van der Waals surface area contributed by atoms with Gasteiger partial charge >= 0.3 is 5.97 Å². The molecule has 6 nitrogen and oxygen atoms in total. The summed E-state index contributed by atoms with van der Waals surface area (Å²) in [6.45, 7) is 4.96. The van der Waals surface area contributed by atoms with Crippen LogP contribution in [0, 0.1) is 0 Å². The lowest BCUT2D eigenvalue weighted by Gasteiger charge is -2.20. The van der Waals surface area contributed by atoms with Gasteiger partial charge in [0.15, 0.2) is 0 Å². The Labute approximate surface area is 564 Å². The lowest BCUT2D eigenvalue weighted by molar-refractivity contribution is -0.143. The summed E-state index contributed by atoms with van der Waals surface area (Å²) in [4.78, 5) is 24.6. The smallest absolute Gasteiger partial charge is 0.305 e. The predicted molar refractivity (Wildman–Crippen MR) is 398 cm³/mol. The van der Waals surface area contributed by atoms with Crippen molar-refractivity contribution in [1.29, 1.82) is 0 Å². The SMILES string of the molecule is CCCCCCCCCCCCCCCCCCCCCC/C=C/C(O)C(CO)NC(=O)CCCCCCCCCCCCCCCCCCC/C=C\CCCCCCCCCCCCCCCCCCCCOC(=O)CCCCCCCCCCCCCC. The average molecular weight is 1270 g/mol. The third-order valence-corrected chi connectivity index (χ3v) is 19.7. The zero-order valence-corrected chi connectivity index (χ0v) is 61.4. The number of hydrogen-bond donors (Lipinski definition) is 3. The van der Waals surface area contributed by atoms with E-state index in [0.717, 1.165) is 38.5 Å². The number of ether oxygens (including phenoxy) is 1. The number of unbranched alkanes of at least 4 members (excludes halogenated alkanes) is 66. The van der Waals surface area contributed by atoms with E-state index in [1.807, 2.05) is 6.08 Å². The molecular formula is C84H163NO5. The molecule has 6 heteroatoms. The summed E-state index contributed by atoms with van der Waals surface area (Å²) in [5.41, 5.74) is 0. The van der Waals surface area contributed by atoms with Crippen LogP contribution in [0.2, 0.25) is 0 Å². The zero-order chi connectivity index (χ0) is 64.9. The van der Waals surface area contributed by atoms with E-state index in [9.17, 15) is 19.8 Å². The van der Waals surface area contributed by atoms with E-state index in [1.54, 1.807) is 6.08 Å². The highest BCUT2D eigenvalue weighted by atomic mass is 16.5. The number of aliphatic hydroxyl groups is 2. The highest BCUT2D eigenvalue weighted by Gasteiger charge is 2.18. The average Bonchev–Trinajstić information content (AvgIpc) is 3.58. The van der Waals surface area contributed by atoms with Gasteiger partial charge in [-0.05, 0) is 57.8 Å². The number of esters is 1. The first-order valence-corrected chi connectivity index (χ1v) is 41.6. The minimum atomic E-state index is -0.842. The molecule has 0 aromatic rings. The van der Waals surface area contributed by atoms with Crippen LogP contribution in [-0.2, 0) is 14.3 Å². The number of rotatable bonds is 79. The molecule has 0 fully saturated rings. The van der Waals surface area contributed by atoms with Crippen molar-refractivity contribution in [3.8, 4) is 0 Å². The van der Waals surface area contributed by atoms with Crippen molar-refractivity contribution < 1.29 is 24.5 Å². The van der Waals surface area contributed by atoms with Crippen LogP contribution in [0.1, 0.15) is 476 Å². The normalized spacial score (nSPS) is 12.5. The molecule has 1 amide bonds. The second-order valence-corrected chi connectivity index (χ2v) is 28.8. The van der Waals surface area contributed by atoms with Crippen LogP contribution in [0.5, 0.6) is 0 Å². The van der Waals surface area contributed by atoms with Crippen LogP contribution in [0.25, 0.3) is 0 Å². The summed E-state index contributed by atoms with van der Waals surface area (Å²) < 4.78 is 5.49. The Morgan fingerprint density at radius 2 is 0.522 bits per heavy atom. The molecule has 2 atom stereocenters. The van der Waals surface area contributed by atoms with E-state index >= 15 is 0 Å². The Morgan fingerprint density at radius 3 is 0.789 bits per heavy atom. The molecule has 0 rings (SSSR count). The second kappa shape index (κ2) is 79.8. The number of nitrogens with one attached hydrogen (secondary N) is 1.